The average Bonchev–Trinajstić information content (AvgIpc) is 2.98. The van der Waals surface area contributed by atoms with Crippen LogP contribution in [0.4, 0.5) is 4.79 Å². The molecule has 1 saturated heterocycles. The van der Waals surface area contributed by atoms with Crippen molar-refractivity contribution in [2.45, 2.75) is 31.7 Å². The van der Waals surface area contributed by atoms with Gasteiger partial charge < -0.3 is 19.9 Å². The molecule has 104 valence electrons. The van der Waals surface area contributed by atoms with E-state index in [1.807, 2.05) is 30.3 Å². The SMILES string of the molecule is O=C(NCC(O)C1CCCO1)OCc1ccccc1. The number of carbonyl (C=O) groups is 1. The summed E-state index contributed by atoms with van der Waals surface area (Å²) in [4.78, 5) is 11.5. The molecule has 5 nitrogen and oxygen atoms in total. The Morgan fingerprint density at radius 1 is 1.47 bits per heavy atom. The van der Waals surface area contributed by atoms with Gasteiger partial charge in [0.2, 0.25) is 0 Å². The van der Waals surface area contributed by atoms with Crippen molar-refractivity contribution in [2.24, 2.45) is 0 Å². The predicted octanol–water partition coefficient (Wildman–Crippen LogP) is 1.45. The zero-order chi connectivity index (χ0) is 13.5. The molecule has 2 atom stereocenters. The molecule has 2 N–H and O–H groups in total. The van der Waals surface area contributed by atoms with E-state index in [1.54, 1.807) is 0 Å². The minimum atomic E-state index is -0.674. The van der Waals surface area contributed by atoms with Gasteiger partial charge in [-0.1, -0.05) is 30.3 Å². The van der Waals surface area contributed by atoms with Gasteiger partial charge >= 0.3 is 6.09 Å². The molecule has 1 aromatic rings. The maximum atomic E-state index is 11.5. The number of hydrogen-bond acceptors (Lipinski definition) is 4. The van der Waals surface area contributed by atoms with E-state index < -0.39 is 12.2 Å². The van der Waals surface area contributed by atoms with Crippen molar-refractivity contribution in [1.82, 2.24) is 5.32 Å². The minimum absolute atomic E-state index is 0.151. The lowest BCUT2D eigenvalue weighted by atomic mass is 10.1. The monoisotopic (exact) mass is 265 g/mol. The summed E-state index contributed by atoms with van der Waals surface area (Å²) >= 11 is 0. The Kier molecular flexibility index (Phi) is 5.18. The van der Waals surface area contributed by atoms with Crippen molar-refractivity contribution in [1.29, 1.82) is 0 Å². The zero-order valence-electron chi connectivity index (χ0n) is 10.7. The van der Waals surface area contributed by atoms with Crippen LogP contribution in [-0.4, -0.2) is 36.6 Å². The molecule has 0 bridgehead atoms. The van der Waals surface area contributed by atoms with Gasteiger partial charge in [0.05, 0.1) is 12.2 Å². The van der Waals surface area contributed by atoms with Crippen LogP contribution in [0.5, 0.6) is 0 Å². The van der Waals surface area contributed by atoms with Gasteiger partial charge in [-0.05, 0) is 18.4 Å². The molecule has 0 saturated carbocycles. The van der Waals surface area contributed by atoms with Crippen LogP contribution in [0.15, 0.2) is 30.3 Å². The number of nitrogens with one attached hydrogen (secondary N) is 1. The molecular formula is C14H19NO4. The largest absolute Gasteiger partial charge is 0.445 e. The van der Waals surface area contributed by atoms with Crippen LogP contribution in [0.25, 0.3) is 0 Å². The molecule has 1 aromatic carbocycles. The highest BCUT2D eigenvalue weighted by Crippen LogP contribution is 2.15. The molecule has 2 unspecified atom stereocenters. The summed E-state index contributed by atoms with van der Waals surface area (Å²) in [6.45, 7) is 1.06. The Morgan fingerprint density at radius 2 is 2.26 bits per heavy atom. The van der Waals surface area contributed by atoms with Gasteiger partial charge in [0, 0.05) is 13.2 Å². The average molecular weight is 265 g/mol. The van der Waals surface area contributed by atoms with Gasteiger partial charge in [0.15, 0.2) is 0 Å². The molecular weight excluding hydrogens is 246 g/mol. The number of ether oxygens (including phenoxy) is 2. The number of aliphatic hydroxyl groups is 1. The fraction of sp³-hybridized carbons (Fsp3) is 0.500. The molecule has 2 rings (SSSR count). The number of rotatable bonds is 5. The normalized spacial score (nSPS) is 19.9. The first-order valence-electron chi connectivity index (χ1n) is 6.50. The van der Waals surface area contributed by atoms with Crippen LogP contribution in [0, 0.1) is 0 Å². The third-order valence-corrected chi connectivity index (χ3v) is 3.06. The first-order valence-corrected chi connectivity index (χ1v) is 6.50. The number of amides is 1. The van der Waals surface area contributed by atoms with Crippen LogP contribution < -0.4 is 5.32 Å². The summed E-state index contributed by atoms with van der Waals surface area (Å²) in [6.07, 6.45) is 0.421. The van der Waals surface area contributed by atoms with E-state index in [0.29, 0.717) is 6.61 Å². The number of alkyl carbamates (subject to hydrolysis) is 1. The fourth-order valence-electron chi connectivity index (χ4n) is 2.00. The van der Waals surface area contributed by atoms with Crippen LogP contribution in [0.2, 0.25) is 0 Å². The van der Waals surface area contributed by atoms with E-state index in [2.05, 4.69) is 5.32 Å². The van der Waals surface area contributed by atoms with Gasteiger partial charge in [-0.2, -0.15) is 0 Å². The van der Waals surface area contributed by atoms with Crippen LogP contribution in [0.3, 0.4) is 0 Å². The Labute approximate surface area is 112 Å². The highest BCUT2D eigenvalue weighted by atomic mass is 16.5. The summed E-state index contributed by atoms with van der Waals surface area (Å²) in [6, 6.07) is 9.44. The molecule has 19 heavy (non-hydrogen) atoms. The quantitative estimate of drug-likeness (QED) is 0.845. The van der Waals surface area contributed by atoms with E-state index in [1.165, 1.54) is 0 Å². The highest BCUT2D eigenvalue weighted by Gasteiger charge is 2.24. The van der Waals surface area contributed by atoms with Crippen molar-refractivity contribution in [3.63, 3.8) is 0 Å². The van der Waals surface area contributed by atoms with Crippen molar-refractivity contribution >= 4 is 6.09 Å². The van der Waals surface area contributed by atoms with Gasteiger partial charge in [-0.25, -0.2) is 4.79 Å². The summed E-state index contributed by atoms with van der Waals surface area (Å²) in [5, 5.41) is 12.3. The lowest BCUT2D eigenvalue weighted by Gasteiger charge is -2.17. The molecule has 0 aromatic heterocycles. The molecule has 0 radical (unpaired) electrons. The van der Waals surface area contributed by atoms with Crippen molar-refractivity contribution in [3.8, 4) is 0 Å². The second-order valence-electron chi connectivity index (χ2n) is 4.56. The Balaban J connectivity index is 1.64. The standard InChI is InChI=1S/C14H19NO4/c16-12(13-7-4-8-18-13)9-15-14(17)19-10-11-5-2-1-3-6-11/h1-3,5-6,12-13,16H,4,7-10H2,(H,15,17). The van der Waals surface area contributed by atoms with E-state index in [9.17, 15) is 9.90 Å². The topological polar surface area (TPSA) is 67.8 Å². The molecule has 1 amide bonds. The Bertz CT molecular complexity index is 390. The third-order valence-electron chi connectivity index (χ3n) is 3.06. The molecule has 1 heterocycles. The summed E-state index contributed by atoms with van der Waals surface area (Å²) in [5.74, 6) is 0. The van der Waals surface area contributed by atoms with E-state index in [-0.39, 0.29) is 19.3 Å². The Hall–Kier alpha value is -1.59. The van der Waals surface area contributed by atoms with Crippen LogP contribution >= 0.6 is 0 Å². The van der Waals surface area contributed by atoms with Crippen LogP contribution in [-0.2, 0) is 16.1 Å². The second kappa shape index (κ2) is 7.11. The lowest BCUT2D eigenvalue weighted by Crippen LogP contribution is -2.38. The highest BCUT2D eigenvalue weighted by molar-refractivity contribution is 5.67. The van der Waals surface area contributed by atoms with Crippen LogP contribution in [0.1, 0.15) is 18.4 Å². The first kappa shape index (κ1) is 13.8. The van der Waals surface area contributed by atoms with Gasteiger partial charge in [-0.15, -0.1) is 0 Å². The van der Waals surface area contributed by atoms with Crippen molar-refractivity contribution in [3.05, 3.63) is 35.9 Å². The van der Waals surface area contributed by atoms with E-state index in [0.717, 1.165) is 18.4 Å². The number of carbonyl (C=O) groups excluding carboxylic acids is 1. The van der Waals surface area contributed by atoms with E-state index >= 15 is 0 Å². The van der Waals surface area contributed by atoms with Gasteiger partial charge in [0.25, 0.3) is 0 Å². The molecule has 0 aliphatic carbocycles. The number of aliphatic hydroxyl groups excluding tert-OH is 1. The smallest absolute Gasteiger partial charge is 0.407 e. The number of benzene rings is 1. The van der Waals surface area contributed by atoms with E-state index in [4.69, 9.17) is 9.47 Å². The molecule has 1 aliphatic rings. The zero-order valence-corrected chi connectivity index (χ0v) is 10.7. The summed E-state index contributed by atoms with van der Waals surface area (Å²) in [5.41, 5.74) is 0.928. The minimum Gasteiger partial charge on any atom is -0.445 e. The molecule has 0 spiro atoms. The fourth-order valence-corrected chi connectivity index (χ4v) is 2.00. The third kappa shape index (κ3) is 4.54. The number of hydrogen-bond donors (Lipinski definition) is 2. The molecule has 1 fully saturated rings. The Morgan fingerprint density at radius 3 is 2.95 bits per heavy atom. The van der Waals surface area contributed by atoms with Crippen molar-refractivity contribution in [2.75, 3.05) is 13.2 Å². The lowest BCUT2D eigenvalue weighted by molar-refractivity contribution is -0.000693. The summed E-state index contributed by atoms with van der Waals surface area (Å²) < 4.78 is 10.4. The van der Waals surface area contributed by atoms with Crippen molar-refractivity contribution < 1.29 is 19.4 Å². The maximum Gasteiger partial charge on any atom is 0.407 e. The molecule has 5 heteroatoms. The predicted molar refractivity (Wildman–Crippen MR) is 69.6 cm³/mol. The summed E-state index contributed by atoms with van der Waals surface area (Å²) in [7, 11) is 0. The van der Waals surface area contributed by atoms with Gasteiger partial charge in [0.1, 0.15) is 6.61 Å². The molecule has 1 aliphatic heterocycles. The second-order valence-corrected chi connectivity index (χ2v) is 4.56. The first-order chi connectivity index (χ1) is 9.25. The van der Waals surface area contributed by atoms with Gasteiger partial charge in [-0.3, -0.25) is 0 Å². The maximum absolute atomic E-state index is 11.5.